The van der Waals surface area contributed by atoms with Crippen molar-refractivity contribution in [3.63, 3.8) is 0 Å². The van der Waals surface area contributed by atoms with Crippen molar-refractivity contribution >= 4 is 12.0 Å². The fourth-order valence-corrected chi connectivity index (χ4v) is 3.56. The quantitative estimate of drug-likeness (QED) is 0.302. The van der Waals surface area contributed by atoms with Gasteiger partial charge in [-0.3, -0.25) is 24.6 Å². The number of hydrogen-bond donors (Lipinski definition) is 2. The van der Waals surface area contributed by atoms with Crippen LogP contribution < -0.4 is 21.6 Å². The molecule has 1 aliphatic rings. The molecule has 4 rings (SSSR count). The van der Waals surface area contributed by atoms with E-state index in [-0.39, 0.29) is 24.1 Å². The normalized spacial score (nSPS) is 13.6. The first kappa shape index (κ1) is 24.9. The third-order valence-corrected chi connectivity index (χ3v) is 5.34. The summed E-state index contributed by atoms with van der Waals surface area (Å²) in [6.07, 6.45) is 0.688. The summed E-state index contributed by atoms with van der Waals surface area (Å²) in [5, 5.41) is 0. The zero-order valence-electron chi connectivity index (χ0n) is 20.3. The van der Waals surface area contributed by atoms with E-state index in [0.29, 0.717) is 30.2 Å². The van der Waals surface area contributed by atoms with Gasteiger partial charge in [-0.2, -0.15) is 4.98 Å². The summed E-state index contributed by atoms with van der Waals surface area (Å²) in [5.74, 6) is 5.29. The van der Waals surface area contributed by atoms with Crippen LogP contribution in [-0.2, 0) is 11.3 Å². The lowest BCUT2D eigenvalue weighted by atomic mass is 10.1. The van der Waals surface area contributed by atoms with Crippen LogP contribution in [0.25, 0.3) is 11.4 Å². The summed E-state index contributed by atoms with van der Waals surface area (Å²) < 4.78 is 12.8. The second-order valence-electron chi connectivity index (χ2n) is 9.35. The van der Waals surface area contributed by atoms with Gasteiger partial charge < -0.3 is 14.4 Å². The van der Waals surface area contributed by atoms with Crippen molar-refractivity contribution in [3.05, 3.63) is 76.3 Å². The Labute approximate surface area is 207 Å². The maximum Gasteiger partial charge on any atom is 0.410 e. The highest BCUT2D eigenvalue weighted by molar-refractivity contribution is 5.93. The van der Waals surface area contributed by atoms with E-state index < -0.39 is 17.6 Å². The molecule has 3 N–H and O–H groups in total. The maximum atomic E-state index is 13.1. The molecule has 11 heteroatoms. The van der Waals surface area contributed by atoms with Crippen molar-refractivity contribution in [2.75, 3.05) is 13.1 Å². The highest BCUT2D eigenvalue weighted by atomic mass is 16.6. The molecule has 0 saturated carbocycles. The lowest BCUT2D eigenvalue weighted by Gasteiger charge is -2.39. The molecule has 2 aromatic heterocycles. The van der Waals surface area contributed by atoms with Crippen molar-refractivity contribution in [2.24, 2.45) is 5.84 Å². The van der Waals surface area contributed by atoms with E-state index in [1.54, 1.807) is 12.1 Å². The van der Waals surface area contributed by atoms with Crippen molar-refractivity contribution < 1.29 is 19.1 Å². The average Bonchev–Trinajstić information content (AvgIpc) is 2.81. The summed E-state index contributed by atoms with van der Waals surface area (Å²) in [6, 6.07) is 13.8. The van der Waals surface area contributed by atoms with Gasteiger partial charge in [-0.1, -0.05) is 30.3 Å². The number of nitrogens with two attached hydrogens (primary N) is 1. The first-order chi connectivity index (χ1) is 17.1. The number of benzene rings is 1. The maximum absolute atomic E-state index is 13.1. The minimum absolute atomic E-state index is 0.136. The third-order valence-electron chi connectivity index (χ3n) is 5.34. The summed E-state index contributed by atoms with van der Waals surface area (Å²) in [5.41, 5.74) is 2.74. The summed E-state index contributed by atoms with van der Waals surface area (Å²) in [7, 11) is 0. The van der Waals surface area contributed by atoms with Gasteiger partial charge in [0, 0.05) is 11.8 Å². The molecular weight excluding hydrogens is 464 g/mol. The average molecular weight is 493 g/mol. The van der Waals surface area contributed by atoms with Crippen LogP contribution in [0, 0.1) is 0 Å². The largest absolute Gasteiger partial charge is 0.470 e. The van der Waals surface area contributed by atoms with E-state index in [1.165, 1.54) is 21.7 Å². The number of hydrogen-bond acceptors (Lipinski definition) is 8. The molecule has 1 saturated heterocycles. The van der Waals surface area contributed by atoms with Crippen LogP contribution in [-0.4, -0.2) is 56.2 Å². The van der Waals surface area contributed by atoms with Gasteiger partial charge >= 0.3 is 6.09 Å². The Kier molecular flexibility index (Phi) is 7.02. The molecule has 188 valence electrons. The van der Waals surface area contributed by atoms with Crippen molar-refractivity contribution in [1.29, 1.82) is 0 Å². The SMILES string of the molecule is CC(C)(C)OC(=O)N1CC(Oc2cc(=O)n(Cc3ccc(C(=O)NN)cn3)c(-c3ccccc3)n2)C1. The number of ether oxygens (including phenoxy) is 2. The number of pyridine rings is 1. The first-order valence-corrected chi connectivity index (χ1v) is 11.4. The Morgan fingerprint density at radius 1 is 1.14 bits per heavy atom. The number of rotatable bonds is 6. The summed E-state index contributed by atoms with van der Waals surface area (Å²) >= 11 is 0. The molecular formula is C25H28N6O5. The van der Waals surface area contributed by atoms with E-state index in [2.05, 4.69) is 15.4 Å². The van der Waals surface area contributed by atoms with Crippen LogP contribution in [0.3, 0.4) is 0 Å². The van der Waals surface area contributed by atoms with Gasteiger partial charge in [0.2, 0.25) is 5.88 Å². The molecule has 0 bridgehead atoms. The van der Waals surface area contributed by atoms with Gasteiger partial charge in [0.05, 0.1) is 37.0 Å². The molecule has 0 unspecified atom stereocenters. The fourth-order valence-electron chi connectivity index (χ4n) is 3.56. The molecule has 36 heavy (non-hydrogen) atoms. The Hall–Kier alpha value is -4.25. The molecule has 3 aromatic rings. The van der Waals surface area contributed by atoms with Crippen molar-refractivity contribution in [3.8, 4) is 17.3 Å². The van der Waals surface area contributed by atoms with Crippen molar-refractivity contribution in [2.45, 2.75) is 39.0 Å². The molecule has 2 amide bonds. The predicted octanol–water partition coefficient (Wildman–Crippen LogP) is 1.96. The fraction of sp³-hybridized carbons (Fsp3) is 0.320. The second-order valence-corrected chi connectivity index (χ2v) is 9.35. The molecule has 0 aliphatic carbocycles. The third kappa shape index (κ3) is 5.87. The monoisotopic (exact) mass is 492 g/mol. The summed E-state index contributed by atoms with van der Waals surface area (Å²) in [6.45, 7) is 6.24. The van der Waals surface area contributed by atoms with Gasteiger partial charge in [-0.05, 0) is 32.9 Å². The number of nitrogens with one attached hydrogen (secondary N) is 1. The molecule has 11 nitrogen and oxygen atoms in total. The zero-order valence-corrected chi connectivity index (χ0v) is 20.3. The lowest BCUT2D eigenvalue weighted by molar-refractivity contribution is -0.0232. The van der Waals surface area contributed by atoms with E-state index >= 15 is 0 Å². The number of likely N-dealkylation sites (tertiary alicyclic amines) is 1. The molecule has 0 radical (unpaired) electrons. The van der Waals surface area contributed by atoms with Gasteiger partial charge in [0.1, 0.15) is 17.5 Å². The van der Waals surface area contributed by atoms with Crippen molar-refractivity contribution in [1.82, 2.24) is 24.9 Å². The highest BCUT2D eigenvalue weighted by Gasteiger charge is 2.35. The molecule has 0 atom stereocenters. The van der Waals surface area contributed by atoms with Crippen LogP contribution in [0.15, 0.2) is 59.5 Å². The molecule has 1 aromatic carbocycles. The number of nitrogens with zero attached hydrogens (tertiary/aromatic N) is 4. The van der Waals surface area contributed by atoms with Crippen LogP contribution in [0.1, 0.15) is 36.8 Å². The number of nitrogen functional groups attached to an aromatic ring is 1. The number of carbonyl (C=O) groups is 2. The number of amides is 2. The lowest BCUT2D eigenvalue weighted by Crippen LogP contribution is -2.57. The van der Waals surface area contributed by atoms with Crippen LogP contribution >= 0.6 is 0 Å². The number of aromatic nitrogens is 3. The van der Waals surface area contributed by atoms with Gasteiger partial charge in [-0.15, -0.1) is 0 Å². The van der Waals surface area contributed by atoms with Gasteiger partial charge in [-0.25, -0.2) is 10.6 Å². The van der Waals surface area contributed by atoms with E-state index in [0.717, 1.165) is 5.56 Å². The first-order valence-electron chi connectivity index (χ1n) is 11.4. The van der Waals surface area contributed by atoms with Crippen LogP contribution in [0.5, 0.6) is 5.88 Å². The van der Waals surface area contributed by atoms with Gasteiger partial charge in [0.25, 0.3) is 11.5 Å². The minimum atomic E-state index is -0.578. The molecule has 0 spiro atoms. The van der Waals surface area contributed by atoms with E-state index in [9.17, 15) is 14.4 Å². The Morgan fingerprint density at radius 3 is 2.47 bits per heavy atom. The topological polar surface area (TPSA) is 142 Å². The smallest absolute Gasteiger partial charge is 0.410 e. The minimum Gasteiger partial charge on any atom is -0.470 e. The Balaban J connectivity index is 1.54. The van der Waals surface area contributed by atoms with Gasteiger partial charge in [0.15, 0.2) is 0 Å². The van der Waals surface area contributed by atoms with Crippen LogP contribution in [0.2, 0.25) is 0 Å². The Bertz CT molecular complexity index is 1300. The molecule has 1 aliphatic heterocycles. The number of hydrazine groups is 1. The number of carbonyl (C=O) groups excluding carboxylic acids is 2. The standard InChI is InChI=1S/C25H28N6O5/c1-25(2,3)36-24(34)30-14-19(15-30)35-20-11-21(32)31(22(28-20)16-7-5-4-6-8-16)13-18-10-9-17(12-27-18)23(33)29-26/h4-12,19H,13-15,26H2,1-3H3,(H,29,33). The Morgan fingerprint density at radius 2 is 1.86 bits per heavy atom. The summed E-state index contributed by atoms with van der Waals surface area (Å²) in [4.78, 5) is 47.4. The highest BCUT2D eigenvalue weighted by Crippen LogP contribution is 2.22. The predicted molar refractivity (Wildman–Crippen MR) is 131 cm³/mol. The van der Waals surface area contributed by atoms with E-state index in [4.69, 9.17) is 15.3 Å². The molecule has 3 heterocycles. The van der Waals surface area contributed by atoms with E-state index in [1.807, 2.05) is 51.1 Å². The molecule has 1 fully saturated rings. The second kappa shape index (κ2) is 10.2. The van der Waals surface area contributed by atoms with Crippen LogP contribution in [0.4, 0.5) is 4.79 Å². The zero-order chi connectivity index (χ0) is 25.9.